The van der Waals surface area contributed by atoms with Crippen molar-refractivity contribution in [2.75, 3.05) is 19.0 Å². The zero-order valence-electron chi connectivity index (χ0n) is 17.2. The highest BCUT2D eigenvalue weighted by Crippen LogP contribution is 2.55. The van der Waals surface area contributed by atoms with Crippen molar-refractivity contribution in [1.29, 1.82) is 0 Å². The molecule has 3 aromatic rings. The van der Waals surface area contributed by atoms with Gasteiger partial charge in [-0.2, -0.15) is 0 Å². The monoisotopic (exact) mass is 417 g/mol. The van der Waals surface area contributed by atoms with Crippen molar-refractivity contribution in [1.82, 2.24) is 19.7 Å². The Labute approximate surface area is 179 Å². The number of ether oxygens (including phenoxy) is 1. The van der Waals surface area contributed by atoms with Crippen LogP contribution in [0.15, 0.2) is 61.2 Å². The fourth-order valence-electron chi connectivity index (χ4n) is 4.94. The first kappa shape index (κ1) is 19.3. The lowest BCUT2D eigenvalue weighted by molar-refractivity contribution is -0.133. The Morgan fingerprint density at radius 1 is 1.19 bits per heavy atom. The van der Waals surface area contributed by atoms with Crippen LogP contribution in [0, 0.1) is 0 Å². The minimum Gasteiger partial charge on any atom is -0.497 e. The molecule has 1 aromatic heterocycles. The van der Waals surface area contributed by atoms with Crippen LogP contribution in [0.5, 0.6) is 5.75 Å². The van der Waals surface area contributed by atoms with Gasteiger partial charge in [0, 0.05) is 25.2 Å². The van der Waals surface area contributed by atoms with E-state index in [1.54, 1.807) is 24.3 Å². The highest BCUT2D eigenvalue weighted by Gasteiger charge is 2.59. The zero-order chi connectivity index (χ0) is 21.4. The number of hydrogen-bond donors (Lipinski definition) is 1. The molecule has 2 aromatic carbocycles. The number of benzene rings is 2. The number of carbonyl (C=O) groups is 2. The van der Waals surface area contributed by atoms with Gasteiger partial charge >= 0.3 is 0 Å². The van der Waals surface area contributed by atoms with Crippen LogP contribution in [0.1, 0.15) is 30.0 Å². The lowest BCUT2D eigenvalue weighted by Gasteiger charge is -2.34. The molecule has 2 aliphatic rings. The number of fused-ring (bicyclic) bond motifs is 2. The molecule has 1 spiro atoms. The smallest absolute Gasteiger partial charge is 0.237 e. The second-order valence-electron chi connectivity index (χ2n) is 7.94. The molecule has 2 aliphatic heterocycles. The van der Waals surface area contributed by atoms with E-state index in [0.29, 0.717) is 31.7 Å². The van der Waals surface area contributed by atoms with Crippen molar-refractivity contribution in [2.45, 2.75) is 30.8 Å². The van der Waals surface area contributed by atoms with E-state index in [1.807, 2.05) is 53.4 Å². The summed E-state index contributed by atoms with van der Waals surface area (Å²) >= 11 is 0. The van der Waals surface area contributed by atoms with E-state index in [4.69, 9.17) is 4.74 Å². The lowest BCUT2D eigenvalue weighted by Crippen LogP contribution is -2.42. The predicted molar refractivity (Wildman–Crippen MR) is 113 cm³/mol. The number of hydrogen-bond acceptors (Lipinski definition) is 5. The van der Waals surface area contributed by atoms with Crippen molar-refractivity contribution in [3.63, 3.8) is 0 Å². The number of rotatable bonds is 5. The summed E-state index contributed by atoms with van der Waals surface area (Å²) < 4.78 is 7.21. The number of nitrogens with zero attached hydrogens (tertiary/aromatic N) is 4. The maximum absolute atomic E-state index is 13.4. The molecule has 31 heavy (non-hydrogen) atoms. The third-order valence-corrected chi connectivity index (χ3v) is 6.37. The summed E-state index contributed by atoms with van der Waals surface area (Å²) in [6, 6.07) is 15.0. The van der Waals surface area contributed by atoms with Crippen LogP contribution in [-0.2, 0) is 21.5 Å². The van der Waals surface area contributed by atoms with Gasteiger partial charge in [0.25, 0.3) is 0 Å². The van der Waals surface area contributed by atoms with Crippen molar-refractivity contribution >= 4 is 17.5 Å². The Hall–Kier alpha value is -3.68. The summed E-state index contributed by atoms with van der Waals surface area (Å²) in [6.45, 7) is 0.994. The van der Waals surface area contributed by atoms with Crippen LogP contribution in [-0.4, -0.2) is 45.1 Å². The molecule has 0 saturated carbocycles. The van der Waals surface area contributed by atoms with Gasteiger partial charge in [-0.1, -0.05) is 30.3 Å². The maximum atomic E-state index is 13.4. The van der Waals surface area contributed by atoms with Gasteiger partial charge in [0.05, 0.1) is 13.2 Å². The van der Waals surface area contributed by atoms with Gasteiger partial charge in [0.15, 0.2) is 0 Å². The van der Waals surface area contributed by atoms with Crippen molar-refractivity contribution in [3.8, 4) is 5.75 Å². The molecule has 2 amide bonds. The number of likely N-dealkylation sites (tertiary alicyclic amines) is 1. The molecule has 8 nitrogen and oxygen atoms in total. The molecule has 8 heteroatoms. The second-order valence-corrected chi connectivity index (χ2v) is 7.94. The molecule has 3 heterocycles. The van der Waals surface area contributed by atoms with Crippen molar-refractivity contribution in [3.05, 3.63) is 72.3 Å². The number of methoxy groups -OCH3 is 1. The van der Waals surface area contributed by atoms with Gasteiger partial charge in [-0.3, -0.25) is 9.59 Å². The van der Waals surface area contributed by atoms with E-state index >= 15 is 0 Å². The average Bonchev–Trinajstić information content (AvgIpc) is 3.52. The fourth-order valence-corrected chi connectivity index (χ4v) is 4.94. The molecular formula is C23H23N5O3. The van der Waals surface area contributed by atoms with E-state index < -0.39 is 11.5 Å². The number of para-hydroxylation sites is 1. The molecule has 0 aliphatic carbocycles. The van der Waals surface area contributed by atoms with Gasteiger partial charge in [-0.25, -0.2) is 0 Å². The van der Waals surface area contributed by atoms with Gasteiger partial charge in [0.1, 0.15) is 23.8 Å². The SMILES string of the molecule is COc1cccc([C@@H]2N(C(=O)CCn3cnnc3)CC[C@]23C(=O)Nc2ccccc23)c1. The first-order valence-electron chi connectivity index (χ1n) is 10.3. The number of amides is 2. The zero-order valence-corrected chi connectivity index (χ0v) is 17.2. The number of nitrogens with one attached hydrogen (secondary N) is 1. The van der Waals surface area contributed by atoms with Gasteiger partial charge < -0.3 is 19.5 Å². The molecule has 1 fully saturated rings. The summed E-state index contributed by atoms with van der Waals surface area (Å²) in [5, 5.41) is 10.6. The molecule has 1 N–H and O–H groups in total. The summed E-state index contributed by atoms with van der Waals surface area (Å²) in [5.41, 5.74) is 1.83. The van der Waals surface area contributed by atoms with E-state index in [-0.39, 0.29) is 11.8 Å². The van der Waals surface area contributed by atoms with Crippen molar-refractivity contribution in [2.24, 2.45) is 0 Å². The average molecular weight is 417 g/mol. The number of carbonyl (C=O) groups excluding carboxylic acids is 2. The quantitative estimate of drug-likeness (QED) is 0.689. The number of aromatic nitrogens is 3. The number of aryl methyl sites for hydroxylation is 1. The molecule has 1 saturated heterocycles. The largest absolute Gasteiger partial charge is 0.497 e. The van der Waals surface area contributed by atoms with E-state index in [9.17, 15) is 9.59 Å². The van der Waals surface area contributed by atoms with E-state index in [1.165, 1.54) is 0 Å². The summed E-state index contributed by atoms with van der Waals surface area (Å²) in [7, 11) is 1.61. The highest BCUT2D eigenvalue weighted by atomic mass is 16.5. The van der Waals surface area contributed by atoms with Crippen LogP contribution >= 0.6 is 0 Å². The Morgan fingerprint density at radius 3 is 2.81 bits per heavy atom. The molecule has 2 atom stereocenters. The Kier molecular flexibility index (Phi) is 4.69. The first-order chi connectivity index (χ1) is 15.1. The third-order valence-electron chi connectivity index (χ3n) is 6.37. The molecule has 0 bridgehead atoms. The van der Waals surface area contributed by atoms with Crippen molar-refractivity contribution < 1.29 is 14.3 Å². The van der Waals surface area contributed by atoms with Gasteiger partial charge in [0.2, 0.25) is 11.8 Å². The Morgan fingerprint density at radius 2 is 2.00 bits per heavy atom. The van der Waals surface area contributed by atoms with Crippen LogP contribution < -0.4 is 10.1 Å². The first-order valence-corrected chi connectivity index (χ1v) is 10.3. The minimum absolute atomic E-state index is 0.00410. The minimum atomic E-state index is -0.824. The molecule has 158 valence electrons. The fraction of sp³-hybridized carbons (Fsp3) is 0.304. The van der Waals surface area contributed by atoms with Crippen LogP contribution in [0.3, 0.4) is 0 Å². The molecular weight excluding hydrogens is 394 g/mol. The molecule has 0 radical (unpaired) electrons. The Balaban J connectivity index is 1.56. The van der Waals surface area contributed by atoms with Gasteiger partial charge in [-0.15, -0.1) is 10.2 Å². The highest BCUT2D eigenvalue weighted by molar-refractivity contribution is 6.07. The normalized spacial score (nSPS) is 21.9. The summed E-state index contributed by atoms with van der Waals surface area (Å²) in [4.78, 5) is 28.6. The van der Waals surface area contributed by atoms with Crippen LogP contribution in [0.4, 0.5) is 5.69 Å². The van der Waals surface area contributed by atoms with Gasteiger partial charge in [-0.05, 0) is 35.7 Å². The van der Waals surface area contributed by atoms with Crippen LogP contribution in [0.25, 0.3) is 0 Å². The maximum Gasteiger partial charge on any atom is 0.237 e. The summed E-state index contributed by atoms with van der Waals surface area (Å²) in [5.74, 6) is 0.634. The summed E-state index contributed by atoms with van der Waals surface area (Å²) in [6.07, 6.45) is 4.06. The topological polar surface area (TPSA) is 89.3 Å². The molecule has 5 rings (SSSR count). The standard InChI is InChI=1S/C23H23N5O3/c1-31-17-6-4-5-16(13-17)21-23(18-7-2-3-8-19(18)26-22(23)30)10-12-28(21)20(29)9-11-27-14-24-25-15-27/h2-8,13-15,21H,9-12H2,1H3,(H,26,30)/t21-,23+/m0/s1. The third kappa shape index (κ3) is 3.06. The molecule has 0 unspecified atom stereocenters. The van der Waals surface area contributed by atoms with E-state index in [0.717, 1.165) is 16.8 Å². The second kappa shape index (κ2) is 7.54. The van der Waals surface area contributed by atoms with E-state index in [2.05, 4.69) is 15.5 Å². The predicted octanol–water partition coefficient (Wildman–Crippen LogP) is 2.54. The Bertz CT molecular complexity index is 1130. The number of anilines is 1. The lowest BCUT2D eigenvalue weighted by atomic mass is 9.72. The van der Waals surface area contributed by atoms with Crippen LogP contribution in [0.2, 0.25) is 0 Å².